The van der Waals surface area contributed by atoms with E-state index >= 15 is 0 Å². The van der Waals surface area contributed by atoms with Crippen LogP contribution in [0.25, 0.3) is 0 Å². The number of hydrogen-bond acceptors (Lipinski definition) is 3. The second kappa shape index (κ2) is 9.55. The quantitative estimate of drug-likeness (QED) is 0.607. The van der Waals surface area contributed by atoms with Crippen molar-refractivity contribution in [2.24, 2.45) is 0 Å². The predicted octanol–water partition coefficient (Wildman–Crippen LogP) is 5.17. The van der Waals surface area contributed by atoms with Gasteiger partial charge in [0, 0.05) is 31.3 Å². The van der Waals surface area contributed by atoms with E-state index in [4.69, 9.17) is 4.74 Å². The number of nitrogens with one attached hydrogen (secondary N) is 1. The zero-order valence-corrected chi connectivity index (χ0v) is 16.6. The number of benzene rings is 3. The summed E-state index contributed by atoms with van der Waals surface area (Å²) in [5, 5.41) is 2.90. The molecule has 0 aliphatic carbocycles. The smallest absolute Gasteiger partial charge is 0.226 e. The first-order valence-electron chi connectivity index (χ1n) is 9.49. The number of aryl methyl sites for hydroxylation is 1. The summed E-state index contributed by atoms with van der Waals surface area (Å²) in [7, 11) is 0. The molecule has 5 heteroatoms. The summed E-state index contributed by atoms with van der Waals surface area (Å²) in [4.78, 5) is 26.0. The Morgan fingerprint density at radius 1 is 0.862 bits per heavy atom. The molecular formula is C24H24N2O3. The second-order valence-corrected chi connectivity index (χ2v) is 6.69. The van der Waals surface area contributed by atoms with Crippen molar-refractivity contribution < 1.29 is 14.3 Å². The summed E-state index contributed by atoms with van der Waals surface area (Å²) in [5.74, 6) is 1.18. The van der Waals surface area contributed by atoms with E-state index in [0.29, 0.717) is 12.3 Å². The molecule has 3 rings (SSSR count). The van der Waals surface area contributed by atoms with E-state index in [1.165, 1.54) is 6.92 Å². The topological polar surface area (TPSA) is 58.6 Å². The largest absolute Gasteiger partial charge is 0.457 e. The Hall–Kier alpha value is -3.60. The Morgan fingerprint density at radius 2 is 1.48 bits per heavy atom. The van der Waals surface area contributed by atoms with Crippen LogP contribution in [-0.4, -0.2) is 18.4 Å². The van der Waals surface area contributed by atoms with Crippen molar-refractivity contribution in [1.29, 1.82) is 0 Å². The fourth-order valence-electron chi connectivity index (χ4n) is 2.93. The molecule has 0 spiro atoms. The molecule has 2 amide bonds. The molecule has 148 valence electrons. The van der Waals surface area contributed by atoms with Crippen molar-refractivity contribution in [1.82, 2.24) is 0 Å². The van der Waals surface area contributed by atoms with E-state index in [2.05, 4.69) is 5.32 Å². The van der Waals surface area contributed by atoms with Gasteiger partial charge in [-0.3, -0.25) is 9.59 Å². The van der Waals surface area contributed by atoms with Crippen LogP contribution in [0.4, 0.5) is 11.4 Å². The van der Waals surface area contributed by atoms with Crippen LogP contribution in [0.2, 0.25) is 0 Å². The normalized spacial score (nSPS) is 10.3. The van der Waals surface area contributed by atoms with Crippen LogP contribution in [0.3, 0.4) is 0 Å². The molecule has 0 aliphatic heterocycles. The van der Waals surface area contributed by atoms with Gasteiger partial charge in [0.1, 0.15) is 11.5 Å². The molecule has 0 atom stereocenters. The van der Waals surface area contributed by atoms with Crippen LogP contribution in [0.5, 0.6) is 11.5 Å². The molecule has 0 aliphatic rings. The number of hydrogen-bond donors (Lipinski definition) is 1. The second-order valence-electron chi connectivity index (χ2n) is 6.69. The lowest BCUT2D eigenvalue weighted by Gasteiger charge is -2.21. The number of para-hydroxylation sites is 2. The van der Waals surface area contributed by atoms with Gasteiger partial charge in [-0.05, 0) is 55.0 Å². The number of ether oxygens (including phenoxy) is 1. The Balaban J connectivity index is 1.61. The number of carbonyl (C=O) groups is 2. The van der Waals surface area contributed by atoms with Crippen LogP contribution in [0.1, 0.15) is 18.9 Å². The molecule has 0 aromatic heterocycles. The Morgan fingerprint density at radius 3 is 2.14 bits per heavy atom. The molecule has 29 heavy (non-hydrogen) atoms. The highest BCUT2D eigenvalue weighted by Gasteiger charge is 2.14. The monoisotopic (exact) mass is 388 g/mol. The minimum Gasteiger partial charge on any atom is -0.457 e. The van der Waals surface area contributed by atoms with E-state index in [-0.39, 0.29) is 18.2 Å². The third-order valence-electron chi connectivity index (χ3n) is 4.49. The summed E-state index contributed by atoms with van der Waals surface area (Å²) in [6.07, 6.45) is 0.205. The van der Waals surface area contributed by atoms with Crippen LogP contribution in [0.15, 0.2) is 78.9 Å². The van der Waals surface area contributed by atoms with Gasteiger partial charge in [0.15, 0.2) is 0 Å². The molecule has 0 radical (unpaired) electrons. The fourth-order valence-corrected chi connectivity index (χ4v) is 2.93. The highest BCUT2D eigenvalue weighted by molar-refractivity contribution is 5.95. The Labute approximate surface area is 170 Å². The minimum absolute atomic E-state index is 0.120. The molecule has 3 aromatic rings. The molecular weight excluding hydrogens is 364 g/mol. The van der Waals surface area contributed by atoms with Gasteiger partial charge in [0.25, 0.3) is 0 Å². The van der Waals surface area contributed by atoms with E-state index in [9.17, 15) is 9.59 Å². The van der Waals surface area contributed by atoms with Crippen LogP contribution in [-0.2, 0) is 9.59 Å². The van der Waals surface area contributed by atoms with Crippen LogP contribution < -0.4 is 15.0 Å². The highest BCUT2D eigenvalue weighted by atomic mass is 16.5. The van der Waals surface area contributed by atoms with Crippen molar-refractivity contribution >= 4 is 23.2 Å². The van der Waals surface area contributed by atoms with Crippen molar-refractivity contribution in [2.45, 2.75) is 20.3 Å². The van der Waals surface area contributed by atoms with Gasteiger partial charge < -0.3 is 15.0 Å². The third-order valence-corrected chi connectivity index (χ3v) is 4.49. The third kappa shape index (κ3) is 5.69. The van der Waals surface area contributed by atoms with E-state index in [0.717, 1.165) is 22.7 Å². The van der Waals surface area contributed by atoms with E-state index < -0.39 is 0 Å². The van der Waals surface area contributed by atoms with Gasteiger partial charge in [0.2, 0.25) is 11.8 Å². The highest BCUT2D eigenvalue weighted by Crippen LogP contribution is 2.24. The average molecular weight is 388 g/mol. The fraction of sp³-hybridized carbons (Fsp3) is 0.167. The molecule has 3 aromatic carbocycles. The van der Waals surface area contributed by atoms with Crippen LogP contribution in [0, 0.1) is 6.92 Å². The Bertz CT molecular complexity index is 969. The number of nitrogens with zero attached hydrogens (tertiary/aromatic N) is 1. The van der Waals surface area contributed by atoms with E-state index in [1.54, 1.807) is 4.90 Å². The first kappa shape index (κ1) is 20.1. The molecule has 0 bridgehead atoms. The van der Waals surface area contributed by atoms with E-state index in [1.807, 2.05) is 85.8 Å². The van der Waals surface area contributed by atoms with Crippen molar-refractivity contribution in [3.8, 4) is 11.5 Å². The molecule has 0 saturated carbocycles. The maximum Gasteiger partial charge on any atom is 0.226 e. The maximum atomic E-state index is 12.3. The standard InChI is InChI=1S/C24H24N2O3/c1-18-8-6-7-11-23(18)25-24(28)16-17-26(19(2)27)20-12-14-22(15-13-20)29-21-9-4-3-5-10-21/h3-15H,16-17H2,1-2H3,(H,25,28). The average Bonchev–Trinajstić information content (AvgIpc) is 2.71. The molecule has 0 unspecified atom stereocenters. The summed E-state index contributed by atoms with van der Waals surface area (Å²) in [6.45, 7) is 3.73. The zero-order valence-electron chi connectivity index (χ0n) is 16.6. The Kier molecular flexibility index (Phi) is 6.63. The summed E-state index contributed by atoms with van der Waals surface area (Å²) in [5.41, 5.74) is 2.51. The molecule has 0 saturated heterocycles. The number of anilines is 2. The van der Waals surface area contributed by atoms with Gasteiger partial charge >= 0.3 is 0 Å². The lowest BCUT2D eigenvalue weighted by atomic mass is 10.2. The van der Waals surface area contributed by atoms with Gasteiger partial charge in [-0.1, -0.05) is 36.4 Å². The lowest BCUT2D eigenvalue weighted by molar-refractivity contribution is -0.117. The van der Waals surface area contributed by atoms with Crippen molar-refractivity contribution in [2.75, 3.05) is 16.8 Å². The first-order chi connectivity index (χ1) is 14.0. The van der Waals surface area contributed by atoms with Crippen molar-refractivity contribution in [3.63, 3.8) is 0 Å². The minimum atomic E-state index is -0.130. The zero-order chi connectivity index (χ0) is 20.6. The van der Waals surface area contributed by atoms with Gasteiger partial charge in [-0.25, -0.2) is 0 Å². The summed E-state index contributed by atoms with van der Waals surface area (Å²) < 4.78 is 5.78. The molecule has 1 N–H and O–H groups in total. The number of carbonyl (C=O) groups excluding carboxylic acids is 2. The van der Waals surface area contributed by atoms with Crippen molar-refractivity contribution in [3.05, 3.63) is 84.4 Å². The van der Waals surface area contributed by atoms with Gasteiger partial charge in [0.05, 0.1) is 0 Å². The molecule has 5 nitrogen and oxygen atoms in total. The number of rotatable bonds is 7. The SMILES string of the molecule is CC(=O)N(CCC(=O)Nc1ccccc1C)c1ccc(Oc2ccccc2)cc1. The van der Waals surface area contributed by atoms with Gasteiger partial charge in [-0.15, -0.1) is 0 Å². The predicted molar refractivity (Wildman–Crippen MR) is 115 cm³/mol. The van der Waals surface area contributed by atoms with Gasteiger partial charge in [-0.2, -0.15) is 0 Å². The summed E-state index contributed by atoms with van der Waals surface area (Å²) >= 11 is 0. The molecule has 0 heterocycles. The number of amides is 2. The first-order valence-corrected chi connectivity index (χ1v) is 9.49. The summed E-state index contributed by atoms with van der Waals surface area (Å²) in [6, 6.07) is 24.4. The lowest BCUT2D eigenvalue weighted by Crippen LogP contribution is -2.31. The molecule has 0 fully saturated rings. The maximum absolute atomic E-state index is 12.3. The van der Waals surface area contributed by atoms with Crippen LogP contribution >= 0.6 is 0 Å².